The maximum Gasteiger partial charge on any atom is 0.307 e. The summed E-state index contributed by atoms with van der Waals surface area (Å²) >= 11 is 0. The van der Waals surface area contributed by atoms with Gasteiger partial charge in [0.1, 0.15) is 0 Å². The summed E-state index contributed by atoms with van der Waals surface area (Å²) in [5.74, 6) is -2.40. The highest BCUT2D eigenvalue weighted by Crippen LogP contribution is 2.26. The molecule has 0 aromatic heterocycles. The molecule has 0 saturated carbocycles. The van der Waals surface area contributed by atoms with E-state index in [1.807, 2.05) is 18.2 Å². The Morgan fingerprint density at radius 3 is 2.67 bits per heavy atom. The van der Waals surface area contributed by atoms with E-state index in [0.717, 1.165) is 5.56 Å². The van der Waals surface area contributed by atoms with Crippen molar-refractivity contribution < 1.29 is 14.7 Å². The summed E-state index contributed by atoms with van der Waals surface area (Å²) in [5, 5.41) is 20.7. The Morgan fingerprint density at radius 2 is 2.00 bits per heavy atom. The normalized spacial score (nSPS) is 20.5. The fraction of sp³-hybridized carbons (Fsp3) is 0.312. The molecule has 1 aliphatic rings. The average Bonchev–Trinajstić information content (AvgIpc) is 2.52. The van der Waals surface area contributed by atoms with Crippen molar-refractivity contribution in [3.05, 3.63) is 47.5 Å². The quantitative estimate of drug-likeness (QED) is 0.825. The molecule has 0 aliphatic heterocycles. The van der Waals surface area contributed by atoms with Gasteiger partial charge in [-0.15, -0.1) is 0 Å². The van der Waals surface area contributed by atoms with Gasteiger partial charge in [-0.3, -0.25) is 9.59 Å². The van der Waals surface area contributed by atoms with E-state index in [-0.39, 0.29) is 5.91 Å². The molecule has 108 valence electrons. The molecular formula is C16H16N2O3. The largest absolute Gasteiger partial charge is 0.481 e. The fourth-order valence-electron chi connectivity index (χ4n) is 2.45. The van der Waals surface area contributed by atoms with Crippen molar-refractivity contribution in [1.29, 1.82) is 5.26 Å². The molecule has 2 atom stereocenters. The number of nitrogens with zero attached hydrogens (tertiary/aromatic N) is 1. The molecular weight excluding hydrogens is 268 g/mol. The molecule has 0 fully saturated rings. The van der Waals surface area contributed by atoms with Gasteiger partial charge < -0.3 is 10.4 Å². The van der Waals surface area contributed by atoms with E-state index in [1.165, 1.54) is 0 Å². The van der Waals surface area contributed by atoms with Gasteiger partial charge in [-0.25, -0.2) is 0 Å². The summed E-state index contributed by atoms with van der Waals surface area (Å²) < 4.78 is 0. The zero-order valence-electron chi connectivity index (χ0n) is 11.5. The highest BCUT2D eigenvalue weighted by Gasteiger charge is 2.33. The van der Waals surface area contributed by atoms with E-state index in [1.54, 1.807) is 24.3 Å². The van der Waals surface area contributed by atoms with Crippen LogP contribution in [0.4, 0.5) is 0 Å². The zero-order chi connectivity index (χ0) is 15.2. The van der Waals surface area contributed by atoms with Gasteiger partial charge in [0.15, 0.2) is 0 Å². The summed E-state index contributed by atoms with van der Waals surface area (Å²) in [5.41, 5.74) is 1.35. The number of rotatable bonds is 4. The second-order valence-electron chi connectivity index (χ2n) is 5.02. The number of aliphatic carboxylic acids is 1. The van der Waals surface area contributed by atoms with Crippen LogP contribution in [0.1, 0.15) is 24.0 Å². The van der Waals surface area contributed by atoms with Gasteiger partial charge in [0.25, 0.3) is 0 Å². The second-order valence-corrected chi connectivity index (χ2v) is 5.02. The number of nitriles is 1. The Hall–Kier alpha value is -2.61. The van der Waals surface area contributed by atoms with Gasteiger partial charge in [-0.05, 0) is 30.5 Å². The molecule has 1 aliphatic carbocycles. The minimum Gasteiger partial charge on any atom is -0.481 e. The first-order chi connectivity index (χ1) is 10.1. The number of carboxylic acid groups (broad SMARTS) is 1. The van der Waals surface area contributed by atoms with Gasteiger partial charge >= 0.3 is 5.97 Å². The minimum atomic E-state index is -0.939. The lowest BCUT2D eigenvalue weighted by Crippen LogP contribution is -2.38. The number of carboxylic acids is 1. The summed E-state index contributed by atoms with van der Waals surface area (Å²) in [7, 11) is 0. The van der Waals surface area contributed by atoms with E-state index in [2.05, 4.69) is 5.32 Å². The number of allylic oxidation sites excluding steroid dienone is 2. The predicted molar refractivity (Wildman–Crippen MR) is 76.0 cm³/mol. The Kier molecular flexibility index (Phi) is 4.72. The Balaban J connectivity index is 1.99. The van der Waals surface area contributed by atoms with Crippen molar-refractivity contribution in [2.24, 2.45) is 11.8 Å². The molecule has 0 bridgehead atoms. The molecule has 21 heavy (non-hydrogen) atoms. The van der Waals surface area contributed by atoms with E-state index in [4.69, 9.17) is 10.4 Å². The number of amides is 1. The van der Waals surface area contributed by atoms with E-state index in [0.29, 0.717) is 24.9 Å². The average molecular weight is 284 g/mol. The van der Waals surface area contributed by atoms with Gasteiger partial charge in [-0.2, -0.15) is 5.26 Å². The van der Waals surface area contributed by atoms with Crippen LogP contribution in [0.3, 0.4) is 0 Å². The van der Waals surface area contributed by atoms with Crippen molar-refractivity contribution in [2.45, 2.75) is 19.4 Å². The van der Waals surface area contributed by atoms with Crippen molar-refractivity contribution in [2.75, 3.05) is 0 Å². The lowest BCUT2D eigenvalue weighted by molar-refractivity contribution is -0.147. The maximum atomic E-state index is 12.2. The first-order valence-corrected chi connectivity index (χ1v) is 6.76. The van der Waals surface area contributed by atoms with Crippen LogP contribution >= 0.6 is 0 Å². The molecule has 0 spiro atoms. The molecule has 0 saturated heterocycles. The number of benzene rings is 1. The minimum absolute atomic E-state index is 0.255. The Labute approximate surface area is 122 Å². The highest BCUT2D eigenvalue weighted by atomic mass is 16.4. The summed E-state index contributed by atoms with van der Waals surface area (Å²) in [6.45, 7) is 0.293. The summed E-state index contributed by atoms with van der Waals surface area (Å²) in [6.07, 6.45) is 4.48. The molecule has 2 rings (SSSR count). The topological polar surface area (TPSA) is 90.2 Å². The SMILES string of the molecule is N#Cc1cccc(CNC(=O)[C@@H]2CC=CC[C@@H]2C(=O)O)c1. The smallest absolute Gasteiger partial charge is 0.307 e. The van der Waals surface area contributed by atoms with Crippen LogP contribution in [0, 0.1) is 23.2 Å². The zero-order valence-corrected chi connectivity index (χ0v) is 11.5. The standard InChI is InChI=1S/C16H16N2O3/c17-9-11-4-3-5-12(8-11)10-18-15(19)13-6-1-2-7-14(13)16(20)21/h1-5,8,13-14H,6-7,10H2,(H,18,19)(H,20,21)/t13-,14+/m1/s1. The van der Waals surface area contributed by atoms with Gasteiger partial charge in [-0.1, -0.05) is 24.3 Å². The van der Waals surface area contributed by atoms with E-state index < -0.39 is 17.8 Å². The van der Waals surface area contributed by atoms with Gasteiger partial charge in [0, 0.05) is 6.54 Å². The van der Waals surface area contributed by atoms with Crippen molar-refractivity contribution in [3.8, 4) is 6.07 Å². The molecule has 0 heterocycles. The van der Waals surface area contributed by atoms with Crippen LogP contribution in [0.25, 0.3) is 0 Å². The van der Waals surface area contributed by atoms with Gasteiger partial charge in [0.05, 0.1) is 23.5 Å². The van der Waals surface area contributed by atoms with Crippen LogP contribution < -0.4 is 5.32 Å². The van der Waals surface area contributed by atoms with Crippen LogP contribution in [-0.2, 0) is 16.1 Å². The lowest BCUT2D eigenvalue weighted by Gasteiger charge is -2.24. The van der Waals surface area contributed by atoms with Crippen LogP contribution in [0.2, 0.25) is 0 Å². The summed E-state index contributed by atoms with van der Waals surface area (Å²) in [4.78, 5) is 23.3. The highest BCUT2D eigenvalue weighted by molar-refractivity contribution is 5.85. The first-order valence-electron chi connectivity index (χ1n) is 6.76. The van der Waals surface area contributed by atoms with E-state index in [9.17, 15) is 9.59 Å². The number of carbonyl (C=O) groups is 2. The maximum absolute atomic E-state index is 12.2. The van der Waals surface area contributed by atoms with E-state index >= 15 is 0 Å². The third-order valence-corrected chi connectivity index (χ3v) is 3.61. The third-order valence-electron chi connectivity index (χ3n) is 3.61. The van der Waals surface area contributed by atoms with Crippen molar-refractivity contribution in [3.63, 3.8) is 0 Å². The monoisotopic (exact) mass is 284 g/mol. The van der Waals surface area contributed by atoms with Crippen molar-refractivity contribution in [1.82, 2.24) is 5.32 Å². The van der Waals surface area contributed by atoms with Crippen LogP contribution in [-0.4, -0.2) is 17.0 Å². The number of hydrogen-bond donors (Lipinski definition) is 2. The summed E-state index contributed by atoms with van der Waals surface area (Å²) in [6, 6.07) is 9.01. The molecule has 0 radical (unpaired) electrons. The molecule has 1 aromatic carbocycles. The molecule has 5 nitrogen and oxygen atoms in total. The molecule has 5 heteroatoms. The third kappa shape index (κ3) is 3.69. The van der Waals surface area contributed by atoms with Crippen LogP contribution in [0.5, 0.6) is 0 Å². The lowest BCUT2D eigenvalue weighted by atomic mass is 9.82. The fourth-order valence-corrected chi connectivity index (χ4v) is 2.45. The number of hydrogen-bond acceptors (Lipinski definition) is 3. The van der Waals surface area contributed by atoms with Crippen molar-refractivity contribution >= 4 is 11.9 Å². The molecule has 1 amide bonds. The number of carbonyl (C=O) groups excluding carboxylic acids is 1. The second kappa shape index (κ2) is 6.71. The van der Waals surface area contributed by atoms with Crippen LogP contribution in [0.15, 0.2) is 36.4 Å². The number of nitrogens with one attached hydrogen (secondary N) is 1. The molecule has 0 unspecified atom stereocenters. The first kappa shape index (κ1) is 14.8. The molecule has 2 N–H and O–H groups in total. The predicted octanol–water partition coefficient (Wildman–Crippen LogP) is 1.84. The van der Waals surface area contributed by atoms with Gasteiger partial charge in [0.2, 0.25) is 5.91 Å². The Bertz CT molecular complexity index is 616. The Morgan fingerprint density at radius 1 is 1.29 bits per heavy atom. The molecule has 1 aromatic rings.